The highest BCUT2D eigenvalue weighted by Gasteiger charge is 2.39. The minimum atomic E-state index is 0. The normalized spacial score (nSPS) is 33.4. The first-order valence-corrected chi connectivity index (χ1v) is 8.33. The molecule has 1 amide bonds. The van der Waals surface area contributed by atoms with Gasteiger partial charge in [0.25, 0.3) is 0 Å². The van der Waals surface area contributed by atoms with Crippen LogP contribution in [-0.2, 0) is 9.53 Å². The summed E-state index contributed by atoms with van der Waals surface area (Å²) >= 11 is 1.81. The zero-order valence-corrected chi connectivity index (χ0v) is 14.8. The molecule has 0 bridgehead atoms. The molecule has 3 rings (SSSR count). The van der Waals surface area contributed by atoms with Gasteiger partial charge in [-0.05, 0) is 5.92 Å². The van der Waals surface area contributed by atoms with Gasteiger partial charge in [-0.25, -0.2) is 0 Å². The lowest BCUT2D eigenvalue weighted by molar-refractivity contribution is -0.131. The maximum Gasteiger partial charge on any atom is 0.240 e. The Bertz CT molecular complexity index is 339. The fraction of sp³-hybridized carbons (Fsp3) is 0.923. The van der Waals surface area contributed by atoms with Gasteiger partial charge >= 0.3 is 0 Å². The van der Waals surface area contributed by atoms with Crippen LogP contribution in [0.3, 0.4) is 0 Å². The Kier molecular flexibility index (Phi) is 8.09. The molecule has 3 heterocycles. The lowest BCUT2D eigenvalue weighted by Gasteiger charge is -2.34. The molecule has 5 nitrogen and oxygen atoms in total. The minimum absolute atomic E-state index is 0. The van der Waals surface area contributed by atoms with Crippen LogP contribution in [0.5, 0.6) is 0 Å². The molecule has 21 heavy (non-hydrogen) atoms. The average Bonchev–Trinajstić information content (AvgIpc) is 3.08. The molecule has 1 N–H and O–H groups in total. The summed E-state index contributed by atoms with van der Waals surface area (Å²) < 4.78 is 5.42. The SMILES string of the molecule is CC1CN(C(=O)C2CSCN2)CC1N1CCOCC1.Cl.Cl. The van der Waals surface area contributed by atoms with Crippen LogP contribution in [0.2, 0.25) is 0 Å². The summed E-state index contributed by atoms with van der Waals surface area (Å²) in [5.41, 5.74) is 0. The van der Waals surface area contributed by atoms with Gasteiger partial charge in [0.15, 0.2) is 0 Å². The zero-order chi connectivity index (χ0) is 13.2. The fourth-order valence-electron chi connectivity index (χ4n) is 3.29. The maximum absolute atomic E-state index is 12.4. The first kappa shape index (κ1) is 19.3. The van der Waals surface area contributed by atoms with Crippen molar-refractivity contribution >= 4 is 42.5 Å². The Hall–Kier alpha value is 0.280. The summed E-state index contributed by atoms with van der Waals surface area (Å²) in [4.78, 5) is 17.0. The van der Waals surface area contributed by atoms with Gasteiger partial charge in [-0.1, -0.05) is 6.92 Å². The van der Waals surface area contributed by atoms with Gasteiger partial charge < -0.3 is 9.64 Å². The van der Waals surface area contributed by atoms with Crippen molar-refractivity contribution in [3.05, 3.63) is 0 Å². The molecule has 124 valence electrons. The van der Waals surface area contributed by atoms with Gasteiger partial charge in [-0.2, -0.15) is 0 Å². The molecule has 0 spiro atoms. The van der Waals surface area contributed by atoms with Gasteiger partial charge in [0.2, 0.25) is 5.91 Å². The number of likely N-dealkylation sites (tertiary alicyclic amines) is 1. The van der Waals surface area contributed by atoms with Crippen LogP contribution in [-0.4, -0.2) is 78.8 Å². The highest BCUT2D eigenvalue weighted by atomic mass is 35.5. The number of carbonyl (C=O) groups excluding carboxylic acids is 1. The van der Waals surface area contributed by atoms with E-state index >= 15 is 0 Å². The van der Waals surface area contributed by atoms with E-state index in [4.69, 9.17) is 4.74 Å². The predicted molar refractivity (Wildman–Crippen MR) is 90.7 cm³/mol. The van der Waals surface area contributed by atoms with Crippen molar-refractivity contribution in [3.63, 3.8) is 0 Å². The quantitative estimate of drug-likeness (QED) is 0.786. The number of rotatable bonds is 2. The topological polar surface area (TPSA) is 44.8 Å². The first-order valence-electron chi connectivity index (χ1n) is 7.17. The lowest BCUT2D eigenvalue weighted by atomic mass is 10.0. The Morgan fingerprint density at radius 3 is 2.57 bits per heavy atom. The molecular formula is C13H25Cl2N3O2S. The van der Waals surface area contributed by atoms with Crippen LogP contribution < -0.4 is 5.32 Å². The third-order valence-electron chi connectivity index (χ3n) is 4.41. The van der Waals surface area contributed by atoms with Gasteiger partial charge in [0, 0.05) is 43.9 Å². The minimum Gasteiger partial charge on any atom is -0.379 e. The van der Waals surface area contributed by atoms with Crippen molar-refractivity contribution < 1.29 is 9.53 Å². The van der Waals surface area contributed by atoms with Crippen molar-refractivity contribution in [3.8, 4) is 0 Å². The second kappa shape index (κ2) is 8.79. The van der Waals surface area contributed by atoms with E-state index in [1.54, 1.807) is 0 Å². The molecule has 3 aliphatic heterocycles. The number of carbonyl (C=O) groups is 1. The molecule has 0 saturated carbocycles. The Labute approximate surface area is 143 Å². The summed E-state index contributed by atoms with van der Waals surface area (Å²) in [6.45, 7) is 7.75. The highest BCUT2D eigenvalue weighted by molar-refractivity contribution is 7.99. The molecule has 0 aromatic carbocycles. The molecule has 3 aliphatic rings. The van der Waals surface area contributed by atoms with E-state index in [9.17, 15) is 4.79 Å². The van der Waals surface area contributed by atoms with E-state index in [0.717, 1.165) is 51.0 Å². The molecule has 3 atom stereocenters. The molecule has 0 radical (unpaired) electrons. The number of halogens is 2. The standard InChI is InChI=1S/C13H23N3O2S.2ClH/c1-10-6-16(13(17)11-8-19-9-14-11)7-12(10)15-2-4-18-5-3-15;;/h10-12,14H,2-9H2,1H3;2*1H. The number of thioether (sulfide) groups is 1. The summed E-state index contributed by atoms with van der Waals surface area (Å²) in [5.74, 6) is 2.70. The van der Waals surface area contributed by atoms with Crippen LogP contribution in [0.15, 0.2) is 0 Å². The van der Waals surface area contributed by atoms with Crippen LogP contribution in [0.1, 0.15) is 6.92 Å². The van der Waals surface area contributed by atoms with E-state index in [1.165, 1.54) is 0 Å². The molecule has 3 saturated heterocycles. The molecule has 3 unspecified atom stereocenters. The number of hydrogen-bond donors (Lipinski definition) is 1. The second-order valence-corrected chi connectivity index (χ2v) is 6.74. The Balaban J connectivity index is 0.00000110. The third kappa shape index (κ3) is 4.39. The number of nitrogens with one attached hydrogen (secondary N) is 1. The van der Waals surface area contributed by atoms with Crippen LogP contribution in [0, 0.1) is 5.92 Å². The van der Waals surface area contributed by atoms with Gasteiger partial charge in [-0.15, -0.1) is 36.6 Å². The van der Waals surface area contributed by atoms with Crippen molar-refractivity contribution in [2.45, 2.75) is 19.0 Å². The molecule has 0 aromatic heterocycles. The maximum atomic E-state index is 12.4. The Morgan fingerprint density at radius 1 is 1.24 bits per heavy atom. The summed E-state index contributed by atoms with van der Waals surface area (Å²) in [6, 6.07) is 0.558. The zero-order valence-electron chi connectivity index (χ0n) is 12.3. The average molecular weight is 358 g/mol. The molecule has 3 fully saturated rings. The van der Waals surface area contributed by atoms with Crippen molar-refractivity contribution in [1.82, 2.24) is 15.1 Å². The number of morpholine rings is 1. The number of amides is 1. The van der Waals surface area contributed by atoms with Crippen LogP contribution in [0.4, 0.5) is 0 Å². The van der Waals surface area contributed by atoms with Crippen LogP contribution in [0.25, 0.3) is 0 Å². The highest BCUT2D eigenvalue weighted by Crippen LogP contribution is 2.24. The van der Waals surface area contributed by atoms with E-state index in [-0.39, 0.29) is 30.9 Å². The summed E-state index contributed by atoms with van der Waals surface area (Å²) in [5, 5.41) is 3.28. The number of hydrogen-bond acceptors (Lipinski definition) is 5. The van der Waals surface area contributed by atoms with E-state index < -0.39 is 0 Å². The van der Waals surface area contributed by atoms with Gasteiger partial charge in [0.1, 0.15) is 0 Å². The molecule has 8 heteroatoms. The largest absolute Gasteiger partial charge is 0.379 e. The van der Waals surface area contributed by atoms with Crippen molar-refractivity contribution in [2.75, 3.05) is 51.0 Å². The monoisotopic (exact) mass is 357 g/mol. The third-order valence-corrected chi connectivity index (χ3v) is 5.35. The molecular weight excluding hydrogens is 333 g/mol. The summed E-state index contributed by atoms with van der Waals surface area (Å²) in [6.07, 6.45) is 0. The van der Waals surface area contributed by atoms with E-state index in [2.05, 4.69) is 22.0 Å². The van der Waals surface area contributed by atoms with E-state index in [1.807, 2.05) is 11.8 Å². The molecule has 0 aromatic rings. The second-order valence-electron chi connectivity index (χ2n) is 5.71. The van der Waals surface area contributed by atoms with Crippen molar-refractivity contribution in [1.29, 1.82) is 0 Å². The van der Waals surface area contributed by atoms with Crippen LogP contribution >= 0.6 is 36.6 Å². The summed E-state index contributed by atoms with van der Waals surface area (Å²) in [7, 11) is 0. The Morgan fingerprint density at radius 2 is 1.95 bits per heavy atom. The fourth-order valence-corrected chi connectivity index (χ4v) is 4.22. The first-order chi connectivity index (χ1) is 9.25. The lowest BCUT2D eigenvalue weighted by Crippen LogP contribution is -2.48. The number of nitrogens with zero attached hydrogens (tertiary/aromatic N) is 2. The predicted octanol–water partition coefficient (Wildman–Crippen LogP) is 0.672. The van der Waals surface area contributed by atoms with E-state index in [0.29, 0.717) is 17.9 Å². The van der Waals surface area contributed by atoms with Crippen molar-refractivity contribution in [2.24, 2.45) is 5.92 Å². The number of ether oxygens (including phenoxy) is 1. The van der Waals surface area contributed by atoms with Gasteiger partial charge in [-0.3, -0.25) is 15.0 Å². The smallest absolute Gasteiger partial charge is 0.240 e. The molecule has 0 aliphatic carbocycles. The van der Waals surface area contributed by atoms with Gasteiger partial charge in [0.05, 0.1) is 19.3 Å².